The molecule has 1 aromatic heterocycles. The molecule has 2 saturated heterocycles. The Morgan fingerprint density at radius 1 is 1.50 bits per heavy atom. The summed E-state index contributed by atoms with van der Waals surface area (Å²) in [7, 11) is 1.68. The third-order valence-electron chi connectivity index (χ3n) is 4.15. The summed E-state index contributed by atoms with van der Waals surface area (Å²) in [6.07, 6.45) is 1.93. The molecule has 5 heteroatoms. The maximum absolute atomic E-state index is 12.7. The van der Waals surface area contributed by atoms with Crippen LogP contribution >= 0.6 is 0 Å². The molecule has 5 nitrogen and oxygen atoms in total. The van der Waals surface area contributed by atoms with Gasteiger partial charge in [-0.1, -0.05) is 6.07 Å². The van der Waals surface area contributed by atoms with E-state index in [1.54, 1.807) is 13.2 Å². The second-order valence-corrected chi connectivity index (χ2v) is 5.44. The largest absolute Gasteiger partial charge is 0.377 e. The van der Waals surface area contributed by atoms with Gasteiger partial charge in [0.05, 0.1) is 12.6 Å². The molecule has 0 unspecified atom stereocenters. The molecule has 20 heavy (non-hydrogen) atoms. The van der Waals surface area contributed by atoms with Crippen molar-refractivity contribution in [3.63, 3.8) is 0 Å². The van der Waals surface area contributed by atoms with E-state index in [9.17, 15) is 4.79 Å². The first-order chi connectivity index (χ1) is 9.70. The monoisotopic (exact) mass is 276 g/mol. The van der Waals surface area contributed by atoms with Gasteiger partial charge in [-0.15, -0.1) is 0 Å². The summed E-state index contributed by atoms with van der Waals surface area (Å²) in [6, 6.07) is 5.65. The summed E-state index contributed by atoms with van der Waals surface area (Å²) in [6.45, 7) is 3.23. The summed E-state index contributed by atoms with van der Waals surface area (Å²) in [5.74, 6) is -0.0197. The first-order valence-corrected chi connectivity index (χ1v) is 7.09. The molecule has 0 spiro atoms. The van der Waals surface area contributed by atoms with E-state index in [0.717, 1.165) is 25.1 Å². The van der Waals surface area contributed by atoms with Crippen molar-refractivity contribution in [3.8, 4) is 0 Å². The van der Waals surface area contributed by atoms with Crippen molar-refractivity contribution >= 4 is 5.91 Å². The smallest absolute Gasteiger partial charge is 0.272 e. The maximum atomic E-state index is 12.7. The van der Waals surface area contributed by atoms with E-state index >= 15 is 0 Å². The third kappa shape index (κ3) is 2.31. The Hall–Kier alpha value is -1.46. The first kappa shape index (κ1) is 13.5. The van der Waals surface area contributed by atoms with E-state index in [1.165, 1.54) is 0 Å². The van der Waals surface area contributed by atoms with Crippen LogP contribution in [-0.2, 0) is 9.47 Å². The Morgan fingerprint density at radius 3 is 3.10 bits per heavy atom. The number of nitrogens with zero attached hydrogens (tertiary/aromatic N) is 2. The molecule has 3 rings (SSSR count). The number of pyridine rings is 1. The summed E-state index contributed by atoms with van der Waals surface area (Å²) < 4.78 is 11.3. The normalized spacial score (nSPS) is 29.3. The molecule has 1 aromatic rings. The highest BCUT2D eigenvalue weighted by molar-refractivity contribution is 5.92. The van der Waals surface area contributed by atoms with Gasteiger partial charge in [0.15, 0.2) is 0 Å². The highest BCUT2D eigenvalue weighted by Gasteiger charge is 2.46. The van der Waals surface area contributed by atoms with E-state index < -0.39 is 0 Å². The number of rotatable bonds is 2. The molecule has 3 atom stereocenters. The summed E-state index contributed by atoms with van der Waals surface area (Å²) >= 11 is 0. The van der Waals surface area contributed by atoms with Crippen molar-refractivity contribution in [3.05, 3.63) is 29.6 Å². The number of carbonyl (C=O) groups excluding carboxylic acids is 1. The molecule has 0 radical (unpaired) electrons. The fraction of sp³-hybridized carbons (Fsp3) is 0.600. The Kier molecular flexibility index (Phi) is 3.72. The molecule has 2 aliphatic heterocycles. The average Bonchev–Trinajstić information content (AvgIpc) is 2.85. The van der Waals surface area contributed by atoms with Gasteiger partial charge < -0.3 is 14.4 Å². The highest BCUT2D eigenvalue weighted by Crippen LogP contribution is 2.31. The van der Waals surface area contributed by atoms with Crippen LogP contribution in [-0.4, -0.2) is 54.3 Å². The first-order valence-electron chi connectivity index (χ1n) is 7.09. The number of hydrogen-bond acceptors (Lipinski definition) is 4. The van der Waals surface area contributed by atoms with Gasteiger partial charge in [0.2, 0.25) is 0 Å². The lowest BCUT2D eigenvalue weighted by Gasteiger charge is -2.31. The van der Waals surface area contributed by atoms with Gasteiger partial charge in [-0.2, -0.15) is 0 Å². The van der Waals surface area contributed by atoms with Gasteiger partial charge in [0, 0.05) is 19.4 Å². The third-order valence-corrected chi connectivity index (χ3v) is 4.15. The number of ether oxygens (including phenoxy) is 2. The number of methoxy groups -OCH3 is 1. The molecular formula is C15H20N2O3. The van der Waals surface area contributed by atoms with Crippen LogP contribution in [0.3, 0.4) is 0 Å². The zero-order valence-electron chi connectivity index (χ0n) is 11.9. The van der Waals surface area contributed by atoms with Crippen molar-refractivity contribution in [2.24, 2.45) is 0 Å². The van der Waals surface area contributed by atoms with Crippen LogP contribution in [0.25, 0.3) is 0 Å². The van der Waals surface area contributed by atoms with Gasteiger partial charge in [-0.05, 0) is 31.9 Å². The van der Waals surface area contributed by atoms with Crippen LogP contribution in [0.5, 0.6) is 0 Å². The molecule has 0 N–H and O–H groups in total. The van der Waals surface area contributed by atoms with Gasteiger partial charge in [-0.3, -0.25) is 4.79 Å². The zero-order valence-corrected chi connectivity index (χ0v) is 11.9. The van der Waals surface area contributed by atoms with Crippen LogP contribution in [0.15, 0.2) is 18.2 Å². The number of aromatic nitrogens is 1. The molecule has 108 valence electrons. The summed E-state index contributed by atoms with van der Waals surface area (Å²) in [4.78, 5) is 18.9. The van der Waals surface area contributed by atoms with Gasteiger partial charge in [0.1, 0.15) is 17.9 Å². The van der Waals surface area contributed by atoms with E-state index in [4.69, 9.17) is 9.47 Å². The van der Waals surface area contributed by atoms with Crippen LogP contribution in [0.1, 0.15) is 29.0 Å². The van der Waals surface area contributed by atoms with Crippen LogP contribution < -0.4 is 0 Å². The molecule has 0 saturated carbocycles. The highest BCUT2D eigenvalue weighted by atomic mass is 16.5. The second kappa shape index (κ2) is 5.50. The fourth-order valence-corrected chi connectivity index (χ4v) is 3.16. The van der Waals surface area contributed by atoms with Gasteiger partial charge in [-0.25, -0.2) is 4.98 Å². The Labute approximate surface area is 118 Å². The quantitative estimate of drug-likeness (QED) is 0.819. The molecule has 0 bridgehead atoms. The van der Waals surface area contributed by atoms with Crippen LogP contribution in [0.2, 0.25) is 0 Å². The van der Waals surface area contributed by atoms with E-state index in [0.29, 0.717) is 12.2 Å². The van der Waals surface area contributed by atoms with E-state index in [2.05, 4.69) is 4.98 Å². The number of aryl methyl sites for hydroxylation is 1. The van der Waals surface area contributed by atoms with Crippen molar-refractivity contribution in [2.75, 3.05) is 20.3 Å². The lowest BCUT2D eigenvalue weighted by Crippen LogP contribution is -2.44. The Balaban J connectivity index is 1.84. The molecule has 0 aliphatic carbocycles. The predicted octanol–water partition coefficient (Wildman–Crippen LogP) is 1.41. The van der Waals surface area contributed by atoms with Crippen molar-refractivity contribution in [1.29, 1.82) is 0 Å². The topological polar surface area (TPSA) is 51.7 Å². The lowest BCUT2D eigenvalue weighted by molar-refractivity contribution is -0.0639. The second-order valence-electron chi connectivity index (χ2n) is 5.44. The Bertz CT molecular complexity index is 506. The minimum atomic E-state index is -0.0333. The minimum Gasteiger partial charge on any atom is -0.377 e. The van der Waals surface area contributed by atoms with Crippen LogP contribution in [0, 0.1) is 6.92 Å². The summed E-state index contributed by atoms with van der Waals surface area (Å²) in [5.41, 5.74) is 1.36. The van der Waals surface area contributed by atoms with Crippen molar-refractivity contribution in [2.45, 2.75) is 38.0 Å². The predicted molar refractivity (Wildman–Crippen MR) is 73.6 cm³/mol. The molecule has 0 aromatic carbocycles. The van der Waals surface area contributed by atoms with Crippen molar-refractivity contribution < 1.29 is 14.3 Å². The SMILES string of the molecule is CO[C@@H]1CN(C(=O)c2cccc(C)n2)[C@@H]2CCCO[C@@H]21. The van der Waals surface area contributed by atoms with Gasteiger partial charge in [0.25, 0.3) is 5.91 Å². The number of carbonyl (C=O) groups is 1. The molecule has 2 aliphatic rings. The molecule has 2 fully saturated rings. The molecule has 1 amide bonds. The number of amides is 1. The summed E-state index contributed by atoms with van der Waals surface area (Å²) in [5, 5.41) is 0. The number of likely N-dealkylation sites (tertiary alicyclic amines) is 1. The number of fused-ring (bicyclic) bond motifs is 1. The lowest BCUT2D eigenvalue weighted by atomic mass is 10.0. The average molecular weight is 276 g/mol. The molecular weight excluding hydrogens is 256 g/mol. The Morgan fingerprint density at radius 2 is 2.35 bits per heavy atom. The fourth-order valence-electron chi connectivity index (χ4n) is 3.16. The van der Waals surface area contributed by atoms with E-state index in [-0.39, 0.29) is 24.2 Å². The standard InChI is InChI=1S/C15H20N2O3/c1-10-5-3-6-11(16-10)15(18)17-9-13(19-2)14-12(17)7-4-8-20-14/h3,5-6,12-14H,4,7-9H2,1-2H3/t12-,13-,14+/m1/s1. The van der Waals surface area contributed by atoms with Crippen molar-refractivity contribution in [1.82, 2.24) is 9.88 Å². The van der Waals surface area contributed by atoms with Crippen LogP contribution in [0.4, 0.5) is 0 Å². The zero-order chi connectivity index (χ0) is 14.1. The maximum Gasteiger partial charge on any atom is 0.272 e. The minimum absolute atomic E-state index is 0.00232. The number of hydrogen-bond donors (Lipinski definition) is 0. The molecule has 3 heterocycles. The van der Waals surface area contributed by atoms with Gasteiger partial charge >= 0.3 is 0 Å². The van der Waals surface area contributed by atoms with E-state index in [1.807, 2.05) is 24.0 Å².